The third kappa shape index (κ3) is 2.09. The predicted octanol–water partition coefficient (Wildman–Crippen LogP) is 3.50. The molecule has 2 aromatic rings. The minimum atomic E-state index is -1.04. The van der Waals surface area contributed by atoms with Crippen molar-refractivity contribution in [2.24, 2.45) is 5.41 Å². The van der Waals surface area contributed by atoms with Gasteiger partial charge in [-0.25, -0.2) is 8.78 Å². The summed E-state index contributed by atoms with van der Waals surface area (Å²) < 4.78 is 26.8. The van der Waals surface area contributed by atoms with E-state index in [9.17, 15) is 13.6 Å². The molecule has 3 nitrogen and oxygen atoms in total. The Labute approximate surface area is 120 Å². The highest BCUT2D eigenvalue weighted by atomic mass is 19.1. The molecule has 5 heteroatoms. The average Bonchev–Trinajstić information content (AvgIpc) is 2.65. The van der Waals surface area contributed by atoms with Gasteiger partial charge in [-0.05, 0) is 24.3 Å². The number of aromatic nitrogens is 1. The Hall–Kier alpha value is -2.30. The smallest absolute Gasteiger partial charge is 0.187 e. The van der Waals surface area contributed by atoms with E-state index in [4.69, 9.17) is 5.11 Å². The highest BCUT2D eigenvalue weighted by molar-refractivity contribution is 6.04. The molecule has 0 aliphatic heterocycles. The Morgan fingerprint density at radius 1 is 1.19 bits per heavy atom. The lowest BCUT2D eigenvalue weighted by Crippen LogP contribution is -2.18. The molecule has 0 fully saturated rings. The van der Waals surface area contributed by atoms with Crippen LogP contribution in [0.1, 0.15) is 29.9 Å². The first-order chi connectivity index (χ1) is 9.79. The summed E-state index contributed by atoms with van der Waals surface area (Å²) in [5.41, 5.74) is 1.29. The molecule has 1 aliphatic rings. The van der Waals surface area contributed by atoms with Gasteiger partial charge in [0.05, 0.1) is 11.4 Å². The van der Waals surface area contributed by atoms with Crippen molar-refractivity contribution >= 4 is 5.78 Å². The third-order valence-corrected chi connectivity index (χ3v) is 3.76. The number of carbonyl (C=O) groups excluding carboxylic acids is 1. The van der Waals surface area contributed by atoms with E-state index < -0.39 is 22.8 Å². The molecule has 108 valence electrons. The first kappa shape index (κ1) is 13.7. The number of benzene rings is 1. The van der Waals surface area contributed by atoms with E-state index in [1.807, 2.05) is 13.8 Å². The second-order valence-corrected chi connectivity index (χ2v) is 5.87. The zero-order valence-corrected chi connectivity index (χ0v) is 11.6. The number of fused-ring (bicyclic) bond motifs is 1. The number of nitrogens with zero attached hydrogens (tertiary/aromatic N) is 1. The molecule has 3 rings (SSSR count). The second-order valence-electron chi connectivity index (χ2n) is 5.87. The van der Waals surface area contributed by atoms with Crippen molar-refractivity contribution in [3.05, 3.63) is 47.2 Å². The van der Waals surface area contributed by atoms with E-state index in [1.165, 1.54) is 0 Å². The van der Waals surface area contributed by atoms with E-state index >= 15 is 0 Å². The monoisotopic (exact) mass is 289 g/mol. The molecule has 1 aliphatic carbocycles. The third-order valence-electron chi connectivity index (χ3n) is 3.76. The molecule has 0 atom stereocenters. The van der Waals surface area contributed by atoms with Crippen molar-refractivity contribution in [3.8, 4) is 17.0 Å². The molecule has 1 aromatic heterocycles. The zero-order chi connectivity index (χ0) is 15.4. The van der Waals surface area contributed by atoms with E-state index in [-0.39, 0.29) is 11.3 Å². The fraction of sp³-hybridized carbons (Fsp3) is 0.250. The van der Waals surface area contributed by atoms with Crippen LogP contribution in [0.5, 0.6) is 5.75 Å². The number of aromatic hydroxyl groups is 1. The minimum Gasteiger partial charge on any atom is -0.503 e. The van der Waals surface area contributed by atoms with Gasteiger partial charge >= 0.3 is 0 Å². The second kappa shape index (κ2) is 4.35. The Morgan fingerprint density at radius 3 is 2.43 bits per heavy atom. The van der Waals surface area contributed by atoms with Crippen LogP contribution in [0.2, 0.25) is 0 Å². The maximum Gasteiger partial charge on any atom is 0.187 e. The molecular formula is C16H13F2NO2. The number of carbonyl (C=O) groups is 1. The number of phenolic OH excluding ortho intramolecular Hbond substituents is 1. The summed E-state index contributed by atoms with van der Waals surface area (Å²) in [6.45, 7) is 3.69. The van der Waals surface area contributed by atoms with Crippen LogP contribution in [0.4, 0.5) is 8.78 Å². The van der Waals surface area contributed by atoms with Crippen LogP contribution in [0.15, 0.2) is 24.3 Å². The van der Waals surface area contributed by atoms with E-state index in [2.05, 4.69) is 4.98 Å². The van der Waals surface area contributed by atoms with Crippen molar-refractivity contribution in [3.63, 3.8) is 0 Å². The molecule has 0 bridgehead atoms. The number of hydrogen-bond acceptors (Lipinski definition) is 3. The first-order valence-electron chi connectivity index (χ1n) is 6.53. The van der Waals surface area contributed by atoms with Crippen LogP contribution in [-0.2, 0) is 6.42 Å². The zero-order valence-electron chi connectivity index (χ0n) is 11.6. The summed E-state index contributed by atoms with van der Waals surface area (Å²) in [5.74, 6) is -3.05. The van der Waals surface area contributed by atoms with Gasteiger partial charge in [-0.3, -0.25) is 9.78 Å². The molecule has 0 amide bonds. The Balaban J connectivity index is 2.10. The van der Waals surface area contributed by atoms with Crippen LogP contribution >= 0.6 is 0 Å². The Morgan fingerprint density at radius 2 is 1.81 bits per heavy atom. The van der Waals surface area contributed by atoms with E-state index in [0.717, 1.165) is 12.1 Å². The summed E-state index contributed by atoms with van der Waals surface area (Å²) in [6.07, 6.45) is 0.498. The molecule has 1 heterocycles. The highest BCUT2D eigenvalue weighted by Gasteiger charge is 2.38. The van der Waals surface area contributed by atoms with Crippen molar-refractivity contribution in [2.75, 3.05) is 0 Å². The van der Waals surface area contributed by atoms with Gasteiger partial charge in [-0.2, -0.15) is 0 Å². The maximum absolute atomic E-state index is 13.4. The predicted molar refractivity (Wildman–Crippen MR) is 73.1 cm³/mol. The van der Waals surface area contributed by atoms with Crippen LogP contribution < -0.4 is 0 Å². The molecule has 0 spiro atoms. The highest BCUT2D eigenvalue weighted by Crippen LogP contribution is 2.36. The molecule has 0 saturated heterocycles. The Kier molecular flexibility index (Phi) is 2.83. The SMILES string of the molecule is CC1(C)Cc2nc(-c3cc(F)c(O)c(F)c3)ccc2C1=O. The molecule has 21 heavy (non-hydrogen) atoms. The number of halogens is 2. The number of pyridine rings is 1. The topological polar surface area (TPSA) is 50.2 Å². The van der Waals surface area contributed by atoms with Crippen LogP contribution in [-0.4, -0.2) is 15.9 Å². The van der Waals surface area contributed by atoms with Gasteiger partial charge < -0.3 is 5.11 Å². The quantitative estimate of drug-likeness (QED) is 0.874. The normalized spacial score (nSPS) is 16.1. The van der Waals surface area contributed by atoms with Crippen molar-refractivity contribution in [1.29, 1.82) is 0 Å². The van der Waals surface area contributed by atoms with Gasteiger partial charge in [-0.15, -0.1) is 0 Å². The van der Waals surface area contributed by atoms with Gasteiger partial charge in [0.15, 0.2) is 23.2 Å². The van der Waals surface area contributed by atoms with Gasteiger partial charge in [0.1, 0.15) is 0 Å². The summed E-state index contributed by atoms with van der Waals surface area (Å²) in [6, 6.07) is 5.24. The number of hydrogen-bond donors (Lipinski definition) is 1. The molecule has 0 saturated carbocycles. The number of Topliss-reactive ketones (excluding diaryl/α,β-unsaturated/α-hetero) is 1. The fourth-order valence-electron chi connectivity index (χ4n) is 2.58. The lowest BCUT2D eigenvalue weighted by Gasteiger charge is -2.12. The summed E-state index contributed by atoms with van der Waals surface area (Å²) >= 11 is 0. The lowest BCUT2D eigenvalue weighted by atomic mass is 9.89. The van der Waals surface area contributed by atoms with Gasteiger partial charge in [0.25, 0.3) is 0 Å². The molecular weight excluding hydrogens is 276 g/mol. The van der Waals surface area contributed by atoms with Crippen molar-refractivity contribution < 1.29 is 18.7 Å². The average molecular weight is 289 g/mol. The number of phenols is 1. The summed E-state index contributed by atoms with van der Waals surface area (Å²) in [4.78, 5) is 16.5. The van der Waals surface area contributed by atoms with Crippen LogP contribution in [0, 0.1) is 17.0 Å². The van der Waals surface area contributed by atoms with E-state index in [1.54, 1.807) is 12.1 Å². The van der Waals surface area contributed by atoms with Crippen LogP contribution in [0.3, 0.4) is 0 Å². The Bertz CT molecular complexity index is 746. The van der Waals surface area contributed by atoms with E-state index in [0.29, 0.717) is 23.4 Å². The van der Waals surface area contributed by atoms with Crippen LogP contribution in [0.25, 0.3) is 11.3 Å². The number of rotatable bonds is 1. The lowest BCUT2D eigenvalue weighted by molar-refractivity contribution is 0.0863. The first-order valence-corrected chi connectivity index (χ1v) is 6.53. The standard InChI is InChI=1S/C16H13F2NO2/c1-16(2)7-13-9(15(16)21)3-4-12(19-13)8-5-10(17)14(20)11(18)6-8/h3-6,20H,7H2,1-2H3. The fourth-order valence-corrected chi connectivity index (χ4v) is 2.58. The van der Waals surface area contributed by atoms with Gasteiger partial charge in [0.2, 0.25) is 0 Å². The van der Waals surface area contributed by atoms with Crippen molar-refractivity contribution in [1.82, 2.24) is 4.98 Å². The maximum atomic E-state index is 13.4. The molecule has 1 N–H and O–H groups in total. The largest absolute Gasteiger partial charge is 0.503 e. The van der Waals surface area contributed by atoms with Gasteiger partial charge in [0, 0.05) is 23.0 Å². The number of ketones is 1. The molecule has 0 radical (unpaired) electrons. The molecule has 1 aromatic carbocycles. The summed E-state index contributed by atoms with van der Waals surface area (Å²) in [5, 5.41) is 9.12. The van der Waals surface area contributed by atoms with Crippen molar-refractivity contribution in [2.45, 2.75) is 20.3 Å². The summed E-state index contributed by atoms with van der Waals surface area (Å²) in [7, 11) is 0. The minimum absolute atomic E-state index is 0.0274. The van der Waals surface area contributed by atoms with Gasteiger partial charge in [-0.1, -0.05) is 13.8 Å². The molecule has 0 unspecified atom stereocenters.